The monoisotopic (exact) mass is 414 g/mol. The van der Waals surface area contributed by atoms with E-state index in [0.29, 0.717) is 16.9 Å². The van der Waals surface area contributed by atoms with E-state index in [1.54, 1.807) is 36.4 Å². The molecule has 0 bridgehead atoms. The molecular formula is C26H26N2O3. The number of nitrogens with one attached hydrogen (secondary N) is 1. The van der Waals surface area contributed by atoms with Gasteiger partial charge in [0.1, 0.15) is 5.75 Å². The second kappa shape index (κ2) is 9.47. The van der Waals surface area contributed by atoms with Gasteiger partial charge in [-0.25, -0.2) is 0 Å². The van der Waals surface area contributed by atoms with Crippen molar-refractivity contribution in [2.24, 2.45) is 0 Å². The van der Waals surface area contributed by atoms with Crippen molar-refractivity contribution in [2.45, 2.75) is 19.8 Å². The summed E-state index contributed by atoms with van der Waals surface area (Å²) in [6.07, 6.45) is 2.46. The minimum absolute atomic E-state index is 0.0438. The van der Waals surface area contributed by atoms with E-state index in [9.17, 15) is 9.59 Å². The van der Waals surface area contributed by atoms with Gasteiger partial charge in [-0.15, -0.1) is 0 Å². The first kappa shape index (κ1) is 20.7. The first-order valence-corrected chi connectivity index (χ1v) is 10.6. The molecule has 5 heteroatoms. The van der Waals surface area contributed by atoms with Crippen molar-refractivity contribution < 1.29 is 14.3 Å². The molecule has 158 valence electrons. The molecule has 5 nitrogen and oxygen atoms in total. The maximum Gasteiger partial charge on any atom is 0.262 e. The Morgan fingerprint density at radius 1 is 0.903 bits per heavy atom. The number of amides is 1. The molecule has 31 heavy (non-hydrogen) atoms. The molecule has 3 aromatic rings. The molecule has 1 saturated heterocycles. The summed E-state index contributed by atoms with van der Waals surface area (Å²) < 4.78 is 5.59. The van der Waals surface area contributed by atoms with Crippen molar-refractivity contribution in [3.63, 3.8) is 0 Å². The second-order valence-electron chi connectivity index (χ2n) is 7.75. The van der Waals surface area contributed by atoms with Crippen LogP contribution in [0, 0.1) is 6.92 Å². The number of rotatable bonds is 7. The molecule has 0 aliphatic carbocycles. The third kappa shape index (κ3) is 5.12. The summed E-state index contributed by atoms with van der Waals surface area (Å²) in [5, 5.41) is 2.91. The number of anilines is 2. The summed E-state index contributed by atoms with van der Waals surface area (Å²) in [5.41, 5.74) is 4.25. The topological polar surface area (TPSA) is 58.6 Å². The number of nitrogens with zero attached hydrogens (tertiary/aromatic N) is 1. The van der Waals surface area contributed by atoms with Crippen LogP contribution in [0.1, 0.15) is 34.3 Å². The highest BCUT2D eigenvalue weighted by Gasteiger charge is 2.14. The first-order valence-electron chi connectivity index (χ1n) is 10.6. The molecule has 0 atom stereocenters. The Bertz CT molecular complexity index is 1060. The van der Waals surface area contributed by atoms with Gasteiger partial charge in [-0.1, -0.05) is 30.3 Å². The van der Waals surface area contributed by atoms with Gasteiger partial charge >= 0.3 is 0 Å². The van der Waals surface area contributed by atoms with Gasteiger partial charge in [-0.05, 0) is 67.8 Å². The Balaban J connectivity index is 1.31. The predicted molar refractivity (Wildman–Crippen MR) is 123 cm³/mol. The van der Waals surface area contributed by atoms with Crippen LogP contribution in [0.5, 0.6) is 5.75 Å². The minimum atomic E-state index is -0.221. The van der Waals surface area contributed by atoms with Gasteiger partial charge in [0.05, 0.1) is 0 Å². The predicted octanol–water partition coefficient (Wildman–Crippen LogP) is 4.84. The average molecular weight is 415 g/mol. The molecule has 1 heterocycles. The maximum absolute atomic E-state index is 12.5. The first-order chi connectivity index (χ1) is 15.1. The average Bonchev–Trinajstić information content (AvgIpc) is 3.34. The van der Waals surface area contributed by atoms with Crippen molar-refractivity contribution in [1.82, 2.24) is 0 Å². The number of aryl methyl sites for hydroxylation is 1. The van der Waals surface area contributed by atoms with Crippen molar-refractivity contribution in [3.05, 3.63) is 89.5 Å². The van der Waals surface area contributed by atoms with E-state index in [-0.39, 0.29) is 18.3 Å². The fourth-order valence-electron chi connectivity index (χ4n) is 3.75. The van der Waals surface area contributed by atoms with E-state index < -0.39 is 0 Å². The van der Waals surface area contributed by atoms with Crippen molar-refractivity contribution in [2.75, 3.05) is 29.9 Å². The molecule has 1 N–H and O–H groups in total. The quantitative estimate of drug-likeness (QED) is 0.562. The zero-order valence-electron chi connectivity index (χ0n) is 17.6. The summed E-state index contributed by atoms with van der Waals surface area (Å²) >= 11 is 0. The fourth-order valence-corrected chi connectivity index (χ4v) is 3.75. The minimum Gasteiger partial charge on any atom is -0.484 e. The molecule has 1 amide bonds. The van der Waals surface area contributed by atoms with E-state index in [0.717, 1.165) is 24.3 Å². The van der Waals surface area contributed by atoms with Crippen molar-refractivity contribution in [3.8, 4) is 5.75 Å². The summed E-state index contributed by atoms with van der Waals surface area (Å²) in [4.78, 5) is 27.2. The lowest BCUT2D eigenvalue weighted by Crippen LogP contribution is -2.21. The van der Waals surface area contributed by atoms with Gasteiger partial charge in [0, 0.05) is 35.6 Å². The number of hydrogen-bond acceptors (Lipinski definition) is 4. The Hall–Kier alpha value is -3.60. The maximum atomic E-state index is 12.5. The fraction of sp³-hybridized carbons (Fsp3) is 0.231. The van der Waals surface area contributed by atoms with E-state index >= 15 is 0 Å². The largest absolute Gasteiger partial charge is 0.484 e. The zero-order valence-corrected chi connectivity index (χ0v) is 17.6. The van der Waals surface area contributed by atoms with Crippen LogP contribution in [0.4, 0.5) is 11.4 Å². The molecule has 3 aromatic carbocycles. The normalized spacial score (nSPS) is 13.1. The smallest absolute Gasteiger partial charge is 0.262 e. The number of ether oxygens (including phenoxy) is 1. The van der Waals surface area contributed by atoms with Gasteiger partial charge in [0.25, 0.3) is 5.91 Å². The highest BCUT2D eigenvalue weighted by molar-refractivity contribution is 6.09. The Morgan fingerprint density at radius 3 is 2.26 bits per heavy atom. The number of carbonyl (C=O) groups is 2. The Labute approximate surface area is 182 Å². The van der Waals surface area contributed by atoms with Gasteiger partial charge < -0.3 is 15.0 Å². The molecule has 4 rings (SSSR count). The second-order valence-corrected chi connectivity index (χ2v) is 7.75. The van der Waals surface area contributed by atoms with E-state index in [4.69, 9.17) is 4.74 Å². The summed E-state index contributed by atoms with van der Waals surface area (Å²) in [6, 6.07) is 22.1. The molecule has 1 aliphatic heterocycles. The molecule has 0 radical (unpaired) electrons. The van der Waals surface area contributed by atoms with E-state index in [1.165, 1.54) is 18.5 Å². The van der Waals surface area contributed by atoms with Crippen molar-refractivity contribution in [1.29, 1.82) is 0 Å². The summed E-state index contributed by atoms with van der Waals surface area (Å²) in [7, 11) is 0. The highest BCUT2D eigenvalue weighted by Crippen LogP contribution is 2.25. The standard InChI is InChI=1S/C26H26N2O3/c1-19-17-22(28-15-5-6-16-28)11-14-24(19)27-25(29)18-31-23-12-9-21(10-13-23)26(30)20-7-3-2-4-8-20/h2-4,7-14,17H,5-6,15-16,18H2,1H3,(H,27,29). The van der Waals surface area contributed by atoms with E-state index in [2.05, 4.69) is 22.3 Å². The van der Waals surface area contributed by atoms with Gasteiger partial charge in [0.2, 0.25) is 0 Å². The molecule has 0 unspecified atom stereocenters. The van der Waals surface area contributed by atoms with Gasteiger partial charge in [-0.3, -0.25) is 9.59 Å². The van der Waals surface area contributed by atoms with Gasteiger partial charge in [0.15, 0.2) is 12.4 Å². The van der Waals surface area contributed by atoms with Crippen LogP contribution in [0.3, 0.4) is 0 Å². The molecule has 1 fully saturated rings. The molecular weight excluding hydrogens is 388 g/mol. The number of hydrogen-bond donors (Lipinski definition) is 1. The van der Waals surface area contributed by atoms with Crippen LogP contribution in [-0.4, -0.2) is 31.4 Å². The zero-order chi connectivity index (χ0) is 21.6. The lowest BCUT2D eigenvalue weighted by molar-refractivity contribution is -0.118. The van der Waals surface area contributed by atoms with Gasteiger partial charge in [-0.2, -0.15) is 0 Å². The van der Waals surface area contributed by atoms with E-state index in [1.807, 2.05) is 31.2 Å². The lowest BCUT2D eigenvalue weighted by Gasteiger charge is -2.19. The number of ketones is 1. The molecule has 0 aromatic heterocycles. The SMILES string of the molecule is Cc1cc(N2CCCC2)ccc1NC(=O)COc1ccc(C(=O)c2ccccc2)cc1. The molecule has 0 saturated carbocycles. The van der Waals surface area contributed by atoms with Crippen LogP contribution in [0.2, 0.25) is 0 Å². The van der Waals surface area contributed by atoms with Crippen molar-refractivity contribution >= 4 is 23.1 Å². The molecule has 1 aliphatic rings. The van der Waals surface area contributed by atoms with Crippen LogP contribution >= 0.6 is 0 Å². The number of benzene rings is 3. The third-order valence-electron chi connectivity index (χ3n) is 5.48. The molecule has 0 spiro atoms. The lowest BCUT2D eigenvalue weighted by atomic mass is 10.0. The Morgan fingerprint density at radius 2 is 1.58 bits per heavy atom. The van der Waals surface area contributed by atoms with Crippen LogP contribution in [0.15, 0.2) is 72.8 Å². The van der Waals surface area contributed by atoms with Crippen LogP contribution < -0.4 is 15.0 Å². The van der Waals surface area contributed by atoms with Crippen LogP contribution in [-0.2, 0) is 4.79 Å². The summed E-state index contributed by atoms with van der Waals surface area (Å²) in [5.74, 6) is 0.278. The summed E-state index contributed by atoms with van der Waals surface area (Å²) in [6.45, 7) is 4.08. The third-order valence-corrected chi connectivity index (χ3v) is 5.48. The number of carbonyl (C=O) groups excluding carboxylic acids is 2. The van der Waals surface area contributed by atoms with Crippen LogP contribution in [0.25, 0.3) is 0 Å². The Kier molecular flexibility index (Phi) is 6.32. The highest BCUT2D eigenvalue weighted by atomic mass is 16.5.